The molecule has 3 aromatic rings. The van der Waals surface area contributed by atoms with Crippen LogP contribution in [0.3, 0.4) is 0 Å². The second kappa shape index (κ2) is 6.17. The van der Waals surface area contributed by atoms with Crippen molar-refractivity contribution in [2.24, 2.45) is 5.41 Å². The number of benzene rings is 2. The lowest BCUT2D eigenvalue weighted by molar-refractivity contribution is 0.357. The zero-order chi connectivity index (χ0) is 17.6. The fraction of sp³-hybridized carbons (Fsp3) is 0.304. The summed E-state index contributed by atoms with van der Waals surface area (Å²) in [4.78, 5) is 0. The van der Waals surface area contributed by atoms with Crippen LogP contribution in [0.2, 0.25) is 0 Å². The molecule has 1 nitrogen and oxygen atoms in total. The van der Waals surface area contributed by atoms with Gasteiger partial charge >= 0.3 is 0 Å². The van der Waals surface area contributed by atoms with E-state index in [9.17, 15) is 0 Å². The smallest absolute Gasteiger partial charge is 0.0443 e. The van der Waals surface area contributed by atoms with Crippen LogP contribution < -0.4 is 0 Å². The Bertz CT molecular complexity index is 902. The van der Waals surface area contributed by atoms with Gasteiger partial charge in [-0.1, -0.05) is 89.9 Å². The largest absolute Gasteiger partial charge is 0.346 e. The molecule has 2 heterocycles. The molecule has 2 heteroatoms. The number of fused-ring (bicyclic) bond motifs is 1. The maximum Gasteiger partial charge on any atom is 0.0443 e. The standard InChI is InChI=1S/C23H24BrN/c1-16-9-11-18(12-10-16)22-20(14-24)25-15-23(2,3)13-19(25)21(22)17-7-5-4-6-8-17/h4-12H,13-15H2,1-3H3. The van der Waals surface area contributed by atoms with Crippen molar-refractivity contribution in [1.82, 2.24) is 4.57 Å². The molecule has 0 saturated heterocycles. The average Bonchev–Trinajstić information content (AvgIpc) is 3.06. The Morgan fingerprint density at radius 1 is 0.920 bits per heavy atom. The highest BCUT2D eigenvalue weighted by Gasteiger charge is 2.35. The minimum Gasteiger partial charge on any atom is -0.346 e. The Hall–Kier alpha value is -1.80. The molecule has 0 aliphatic carbocycles. The van der Waals surface area contributed by atoms with E-state index >= 15 is 0 Å². The number of aryl methyl sites for hydroxylation is 1. The van der Waals surface area contributed by atoms with Crippen LogP contribution >= 0.6 is 15.9 Å². The molecule has 0 spiro atoms. The van der Waals surface area contributed by atoms with E-state index in [1.807, 2.05) is 0 Å². The molecule has 0 fully saturated rings. The summed E-state index contributed by atoms with van der Waals surface area (Å²) in [6.45, 7) is 7.99. The Morgan fingerprint density at radius 3 is 2.20 bits per heavy atom. The summed E-state index contributed by atoms with van der Waals surface area (Å²) in [5.41, 5.74) is 9.98. The molecule has 1 aliphatic heterocycles. The summed E-state index contributed by atoms with van der Waals surface area (Å²) in [6.07, 6.45) is 1.13. The van der Waals surface area contributed by atoms with E-state index in [1.54, 1.807) is 0 Å². The summed E-state index contributed by atoms with van der Waals surface area (Å²) < 4.78 is 2.56. The number of halogens is 1. The van der Waals surface area contributed by atoms with Crippen LogP contribution in [0.4, 0.5) is 0 Å². The lowest BCUT2D eigenvalue weighted by Gasteiger charge is -2.18. The second-order valence-electron chi connectivity index (χ2n) is 7.94. The molecule has 1 aliphatic rings. The normalized spacial score (nSPS) is 15.4. The molecule has 2 aromatic carbocycles. The highest BCUT2D eigenvalue weighted by Crippen LogP contribution is 2.47. The fourth-order valence-electron chi connectivity index (χ4n) is 4.12. The zero-order valence-electron chi connectivity index (χ0n) is 15.1. The Morgan fingerprint density at radius 2 is 1.56 bits per heavy atom. The topological polar surface area (TPSA) is 4.93 Å². The monoisotopic (exact) mass is 393 g/mol. The van der Waals surface area contributed by atoms with Crippen molar-refractivity contribution in [3.63, 3.8) is 0 Å². The van der Waals surface area contributed by atoms with E-state index in [2.05, 4.69) is 95.9 Å². The lowest BCUT2D eigenvalue weighted by Crippen LogP contribution is -2.13. The third kappa shape index (κ3) is 2.87. The number of hydrogen-bond acceptors (Lipinski definition) is 0. The van der Waals surface area contributed by atoms with Crippen molar-refractivity contribution in [2.75, 3.05) is 0 Å². The molecule has 4 rings (SSSR count). The number of rotatable bonds is 3. The first-order chi connectivity index (χ1) is 12.0. The van der Waals surface area contributed by atoms with Crippen molar-refractivity contribution in [1.29, 1.82) is 0 Å². The molecule has 0 bridgehead atoms. The van der Waals surface area contributed by atoms with Crippen molar-refractivity contribution in [3.05, 3.63) is 71.5 Å². The molecular weight excluding hydrogens is 370 g/mol. The molecule has 0 radical (unpaired) electrons. The van der Waals surface area contributed by atoms with E-state index in [4.69, 9.17) is 0 Å². The molecule has 25 heavy (non-hydrogen) atoms. The van der Waals surface area contributed by atoms with Crippen molar-refractivity contribution in [3.8, 4) is 22.3 Å². The van der Waals surface area contributed by atoms with E-state index in [0.717, 1.165) is 18.3 Å². The van der Waals surface area contributed by atoms with Gasteiger partial charge in [-0.15, -0.1) is 0 Å². The highest BCUT2D eigenvalue weighted by molar-refractivity contribution is 9.08. The maximum atomic E-state index is 3.78. The van der Waals surface area contributed by atoms with Gasteiger partial charge in [0, 0.05) is 34.4 Å². The SMILES string of the molecule is Cc1ccc(-c2c(-c3ccccc3)c3n(c2CBr)CC(C)(C)C3)cc1. The van der Waals surface area contributed by atoms with E-state index in [-0.39, 0.29) is 0 Å². The maximum absolute atomic E-state index is 3.78. The predicted molar refractivity (Wildman–Crippen MR) is 110 cm³/mol. The first kappa shape index (κ1) is 16.7. The highest BCUT2D eigenvalue weighted by atomic mass is 79.9. The van der Waals surface area contributed by atoms with E-state index in [0.29, 0.717) is 5.41 Å². The minimum atomic E-state index is 0.321. The fourth-order valence-corrected chi connectivity index (χ4v) is 4.70. The van der Waals surface area contributed by atoms with Crippen LogP contribution in [0.15, 0.2) is 54.6 Å². The average molecular weight is 394 g/mol. The van der Waals surface area contributed by atoms with Gasteiger partial charge in [-0.3, -0.25) is 0 Å². The van der Waals surface area contributed by atoms with Gasteiger partial charge in [0.1, 0.15) is 0 Å². The predicted octanol–water partition coefficient (Wildman–Crippen LogP) is 6.61. The molecule has 1 aromatic heterocycles. The third-order valence-corrected chi connectivity index (χ3v) is 5.77. The van der Waals surface area contributed by atoms with Crippen LogP contribution in [0, 0.1) is 12.3 Å². The molecule has 0 N–H and O–H groups in total. The number of nitrogens with zero attached hydrogens (tertiary/aromatic N) is 1. The molecule has 128 valence electrons. The number of aromatic nitrogens is 1. The second-order valence-corrected chi connectivity index (χ2v) is 8.50. The van der Waals surface area contributed by atoms with Crippen molar-refractivity contribution < 1.29 is 0 Å². The summed E-state index contributed by atoms with van der Waals surface area (Å²) in [5.74, 6) is 0. The molecule has 0 unspecified atom stereocenters. The quantitative estimate of drug-likeness (QED) is 0.441. The zero-order valence-corrected chi connectivity index (χ0v) is 16.7. The summed E-state index contributed by atoms with van der Waals surface area (Å²) in [6, 6.07) is 19.9. The van der Waals surface area contributed by atoms with Crippen molar-refractivity contribution in [2.45, 2.75) is 39.1 Å². The minimum absolute atomic E-state index is 0.321. The first-order valence-corrected chi connectivity index (χ1v) is 10.0. The van der Waals surface area contributed by atoms with Crippen LogP contribution in [0.5, 0.6) is 0 Å². The molecule has 0 atom stereocenters. The van der Waals surface area contributed by atoms with Crippen LogP contribution in [-0.4, -0.2) is 4.57 Å². The van der Waals surface area contributed by atoms with Gasteiger partial charge in [0.25, 0.3) is 0 Å². The molecular formula is C23H24BrN. The van der Waals surface area contributed by atoms with Gasteiger partial charge < -0.3 is 4.57 Å². The molecule has 0 saturated carbocycles. The van der Waals surface area contributed by atoms with Gasteiger partial charge in [-0.05, 0) is 29.9 Å². The first-order valence-electron chi connectivity index (χ1n) is 8.93. The van der Waals surface area contributed by atoms with Crippen LogP contribution in [0.1, 0.15) is 30.8 Å². The van der Waals surface area contributed by atoms with E-state index < -0.39 is 0 Å². The summed E-state index contributed by atoms with van der Waals surface area (Å²) in [7, 11) is 0. The van der Waals surface area contributed by atoms with Gasteiger partial charge in [0.05, 0.1) is 0 Å². The van der Waals surface area contributed by atoms with Gasteiger partial charge in [-0.25, -0.2) is 0 Å². The lowest BCUT2D eigenvalue weighted by atomic mass is 9.86. The van der Waals surface area contributed by atoms with Crippen molar-refractivity contribution >= 4 is 15.9 Å². The summed E-state index contributed by atoms with van der Waals surface area (Å²) >= 11 is 3.78. The Balaban J connectivity index is 2.02. The van der Waals surface area contributed by atoms with Gasteiger partial charge in [0.15, 0.2) is 0 Å². The third-order valence-electron chi connectivity index (χ3n) is 5.24. The molecule has 0 amide bonds. The summed E-state index contributed by atoms with van der Waals surface area (Å²) in [5, 5.41) is 0.881. The number of alkyl halides is 1. The van der Waals surface area contributed by atoms with Crippen LogP contribution in [-0.2, 0) is 18.3 Å². The van der Waals surface area contributed by atoms with Crippen LogP contribution in [0.25, 0.3) is 22.3 Å². The van der Waals surface area contributed by atoms with E-state index in [1.165, 1.54) is 39.2 Å². The Labute approximate surface area is 158 Å². The van der Waals surface area contributed by atoms with Gasteiger partial charge in [-0.2, -0.15) is 0 Å². The Kier molecular flexibility index (Phi) is 4.11. The number of hydrogen-bond donors (Lipinski definition) is 0. The van der Waals surface area contributed by atoms with Gasteiger partial charge in [0.2, 0.25) is 0 Å².